The van der Waals surface area contributed by atoms with Crippen LogP contribution in [0.2, 0.25) is 0 Å². The van der Waals surface area contributed by atoms with Crippen molar-refractivity contribution in [2.24, 2.45) is 5.73 Å². The van der Waals surface area contributed by atoms with E-state index in [0.717, 1.165) is 25.7 Å². The largest absolute Gasteiger partial charge is 0.513 e. The van der Waals surface area contributed by atoms with Crippen LogP contribution in [-0.4, -0.2) is 56.2 Å². The minimum atomic E-state index is -1.05. The topological polar surface area (TPSA) is 150 Å². The van der Waals surface area contributed by atoms with Crippen molar-refractivity contribution < 1.29 is 47.6 Å². The van der Waals surface area contributed by atoms with Gasteiger partial charge in [-0.05, 0) is 43.9 Å². The van der Waals surface area contributed by atoms with Crippen LogP contribution in [0.25, 0.3) is 0 Å². The smallest absolute Gasteiger partial charge is 0.462 e. The maximum absolute atomic E-state index is 12.4. The van der Waals surface area contributed by atoms with Crippen molar-refractivity contribution in [3.05, 3.63) is 23.8 Å². The number of benzene rings is 1. The molecule has 11 heteroatoms. The zero-order valence-electron chi connectivity index (χ0n) is 22.8. The Morgan fingerprint density at radius 2 is 1.39 bits per heavy atom. The average Bonchev–Trinajstić information content (AvgIpc) is 2.89. The Bertz CT molecular complexity index is 889. The van der Waals surface area contributed by atoms with Crippen LogP contribution in [0.5, 0.6) is 11.5 Å². The van der Waals surface area contributed by atoms with E-state index in [1.54, 1.807) is 19.9 Å². The molecule has 0 unspecified atom stereocenters. The van der Waals surface area contributed by atoms with Crippen LogP contribution >= 0.6 is 0 Å². The van der Waals surface area contributed by atoms with Gasteiger partial charge in [0, 0.05) is 6.42 Å². The Balaban J connectivity index is 2.86. The fraction of sp³-hybridized carbons (Fsp3) is 0.630. The number of unbranched alkanes of at least 4 members (excludes halogenated alkanes) is 4. The lowest BCUT2D eigenvalue weighted by Gasteiger charge is -2.17. The summed E-state index contributed by atoms with van der Waals surface area (Å²) in [5.41, 5.74) is 6.51. The van der Waals surface area contributed by atoms with Crippen LogP contribution in [-0.2, 0) is 35.0 Å². The molecule has 0 aromatic heterocycles. The summed E-state index contributed by atoms with van der Waals surface area (Å²) >= 11 is 0. The van der Waals surface area contributed by atoms with Crippen molar-refractivity contribution in [1.82, 2.24) is 0 Å². The number of esters is 2. The number of carbonyl (C=O) groups excluding carboxylic acids is 4. The molecule has 38 heavy (non-hydrogen) atoms. The average molecular weight is 540 g/mol. The van der Waals surface area contributed by atoms with Crippen molar-refractivity contribution >= 4 is 24.2 Å². The summed E-state index contributed by atoms with van der Waals surface area (Å²) in [7, 11) is 0. The van der Waals surface area contributed by atoms with Crippen LogP contribution in [0.3, 0.4) is 0 Å². The molecule has 0 saturated heterocycles. The van der Waals surface area contributed by atoms with Gasteiger partial charge in [-0.15, -0.1) is 0 Å². The summed E-state index contributed by atoms with van der Waals surface area (Å²) in [5.74, 6) is -1.24. The quantitative estimate of drug-likeness (QED) is 0.125. The molecule has 1 rings (SSSR count). The molecule has 0 aliphatic carbocycles. The minimum absolute atomic E-state index is 0.0317. The van der Waals surface area contributed by atoms with Crippen LogP contribution in [0, 0.1) is 0 Å². The molecular formula is C27H41NO10. The van der Waals surface area contributed by atoms with Gasteiger partial charge in [0.15, 0.2) is 11.5 Å². The molecule has 0 aliphatic rings. The van der Waals surface area contributed by atoms with Gasteiger partial charge in [0.05, 0.1) is 13.2 Å². The number of rotatable bonds is 17. The molecule has 0 heterocycles. The predicted octanol–water partition coefficient (Wildman–Crippen LogP) is 4.85. The Morgan fingerprint density at radius 1 is 0.816 bits per heavy atom. The van der Waals surface area contributed by atoms with E-state index < -0.39 is 36.4 Å². The molecule has 0 amide bonds. The van der Waals surface area contributed by atoms with Gasteiger partial charge in [0.25, 0.3) is 0 Å². The van der Waals surface area contributed by atoms with Gasteiger partial charge in [-0.3, -0.25) is 9.59 Å². The first kappa shape index (κ1) is 32.7. The van der Waals surface area contributed by atoms with E-state index >= 15 is 0 Å². The summed E-state index contributed by atoms with van der Waals surface area (Å²) in [6.07, 6.45) is 2.80. The lowest BCUT2D eigenvalue weighted by molar-refractivity contribution is -0.158. The van der Waals surface area contributed by atoms with Gasteiger partial charge in [-0.25, -0.2) is 9.59 Å². The highest BCUT2D eigenvalue weighted by Gasteiger charge is 2.22. The Hall–Kier alpha value is -3.34. The Labute approximate surface area is 224 Å². The molecule has 0 fully saturated rings. The van der Waals surface area contributed by atoms with Crippen molar-refractivity contribution in [3.63, 3.8) is 0 Å². The zero-order chi connectivity index (χ0) is 28.3. The lowest BCUT2D eigenvalue weighted by atomic mass is 10.1. The van der Waals surface area contributed by atoms with Gasteiger partial charge >= 0.3 is 24.2 Å². The van der Waals surface area contributed by atoms with E-state index in [-0.39, 0.29) is 44.2 Å². The maximum atomic E-state index is 12.4. The second kappa shape index (κ2) is 18.8. The van der Waals surface area contributed by atoms with Crippen LogP contribution in [0.4, 0.5) is 9.59 Å². The monoisotopic (exact) mass is 539 g/mol. The number of hydrogen-bond acceptors (Lipinski definition) is 11. The third kappa shape index (κ3) is 13.8. The molecule has 11 nitrogen and oxygen atoms in total. The molecule has 0 bridgehead atoms. The SMILES string of the molecule is CCCCCOC(=O)Oc1ccc(C[C@H](N)C(=O)O[C@@H](C)COC(=O)CC)cc1OC(=O)OCCCCC. The van der Waals surface area contributed by atoms with Gasteiger partial charge in [0.1, 0.15) is 18.8 Å². The summed E-state index contributed by atoms with van der Waals surface area (Å²) in [4.78, 5) is 48.0. The zero-order valence-corrected chi connectivity index (χ0v) is 22.8. The standard InChI is InChI=1S/C27H41NO10/c1-5-8-10-14-33-26(31)37-22-13-12-20(17-23(22)38-27(32)34-15-11-9-6-2)16-21(28)25(30)36-19(4)18-35-24(29)7-3/h12-13,17,19,21H,5-11,14-16,18,28H2,1-4H3/t19-,21-/m0/s1. The third-order valence-electron chi connectivity index (χ3n) is 5.17. The maximum Gasteiger partial charge on any atom is 0.513 e. The van der Waals surface area contributed by atoms with E-state index in [1.807, 2.05) is 13.8 Å². The molecule has 0 radical (unpaired) electrons. The molecule has 214 valence electrons. The molecule has 0 spiro atoms. The molecular weight excluding hydrogens is 498 g/mol. The molecule has 1 aromatic rings. The highest BCUT2D eigenvalue weighted by Crippen LogP contribution is 2.30. The summed E-state index contributed by atoms with van der Waals surface area (Å²) in [6.45, 7) is 7.60. The number of nitrogens with two attached hydrogens (primary N) is 1. The summed E-state index contributed by atoms with van der Waals surface area (Å²) in [5, 5.41) is 0. The number of carbonyl (C=O) groups is 4. The first-order chi connectivity index (χ1) is 18.2. The van der Waals surface area contributed by atoms with Crippen molar-refractivity contribution in [3.8, 4) is 11.5 Å². The number of ether oxygens (including phenoxy) is 6. The molecule has 1 aromatic carbocycles. The molecule has 0 saturated carbocycles. The van der Waals surface area contributed by atoms with Gasteiger partial charge in [-0.1, -0.05) is 52.5 Å². The summed E-state index contributed by atoms with van der Waals surface area (Å²) < 4.78 is 30.8. The normalized spacial score (nSPS) is 12.1. The Morgan fingerprint density at radius 3 is 1.95 bits per heavy atom. The lowest BCUT2D eigenvalue weighted by Crippen LogP contribution is -2.37. The van der Waals surface area contributed by atoms with Crippen LogP contribution in [0.1, 0.15) is 78.2 Å². The van der Waals surface area contributed by atoms with E-state index in [1.165, 1.54) is 12.1 Å². The number of hydrogen-bond donors (Lipinski definition) is 1. The van der Waals surface area contributed by atoms with E-state index in [2.05, 4.69) is 0 Å². The summed E-state index contributed by atoms with van der Waals surface area (Å²) in [6, 6.07) is 3.35. The van der Waals surface area contributed by atoms with Crippen molar-refractivity contribution in [2.75, 3.05) is 19.8 Å². The fourth-order valence-electron chi connectivity index (χ4n) is 3.07. The fourth-order valence-corrected chi connectivity index (χ4v) is 3.07. The van der Waals surface area contributed by atoms with Crippen LogP contribution < -0.4 is 15.2 Å². The molecule has 2 N–H and O–H groups in total. The highest BCUT2D eigenvalue weighted by molar-refractivity contribution is 5.76. The van der Waals surface area contributed by atoms with Crippen molar-refractivity contribution in [2.45, 2.75) is 91.2 Å². The molecule has 2 atom stereocenters. The second-order valence-corrected chi connectivity index (χ2v) is 8.69. The van der Waals surface area contributed by atoms with Gasteiger partial charge in [-0.2, -0.15) is 0 Å². The van der Waals surface area contributed by atoms with Gasteiger partial charge < -0.3 is 34.2 Å². The third-order valence-corrected chi connectivity index (χ3v) is 5.17. The first-order valence-electron chi connectivity index (χ1n) is 13.1. The van der Waals surface area contributed by atoms with Crippen LogP contribution in [0.15, 0.2) is 18.2 Å². The first-order valence-corrected chi connectivity index (χ1v) is 13.1. The highest BCUT2D eigenvalue weighted by atomic mass is 16.7. The van der Waals surface area contributed by atoms with Crippen molar-refractivity contribution in [1.29, 1.82) is 0 Å². The van der Waals surface area contributed by atoms with E-state index in [9.17, 15) is 19.2 Å². The van der Waals surface area contributed by atoms with Gasteiger partial charge in [0.2, 0.25) is 0 Å². The van der Waals surface area contributed by atoms with E-state index in [4.69, 9.17) is 34.2 Å². The minimum Gasteiger partial charge on any atom is -0.462 e. The molecule has 0 aliphatic heterocycles. The Kier molecular flexibility index (Phi) is 16.2. The second-order valence-electron chi connectivity index (χ2n) is 8.69. The predicted molar refractivity (Wildman–Crippen MR) is 138 cm³/mol. The van der Waals surface area contributed by atoms with E-state index in [0.29, 0.717) is 18.4 Å².